The van der Waals surface area contributed by atoms with E-state index >= 15 is 0 Å². The van der Waals surface area contributed by atoms with Crippen LogP contribution in [-0.4, -0.2) is 7.05 Å². The van der Waals surface area contributed by atoms with Crippen molar-refractivity contribution in [3.63, 3.8) is 0 Å². The first kappa shape index (κ1) is 12.7. The number of hydrogen-bond donors (Lipinski definition) is 1. The van der Waals surface area contributed by atoms with Crippen LogP contribution in [0.3, 0.4) is 0 Å². The van der Waals surface area contributed by atoms with Crippen LogP contribution < -0.4 is 10.1 Å². The second-order valence-corrected chi connectivity index (χ2v) is 4.24. The Hall–Kier alpha value is -1.74. The predicted molar refractivity (Wildman–Crippen MR) is 71.7 cm³/mol. The molecule has 2 aromatic rings. The Labute approximate surface area is 110 Å². The number of ether oxygens (including phenoxy) is 1. The van der Waals surface area contributed by atoms with Gasteiger partial charge in [-0.2, -0.15) is 0 Å². The highest BCUT2D eigenvalue weighted by molar-refractivity contribution is 6.30. The Morgan fingerprint density at radius 1 is 1.17 bits per heavy atom. The molecule has 0 unspecified atom stereocenters. The van der Waals surface area contributed by atoms with Crippen molar-refractivity contribution in [3.8, 4) is 5.75 Å². The van der Waals surface area contributed by atoms with Gasteiger partial charge < -0.3 is 10.1 Å². The third-order valence-corrected chi connectivity index (χ3v) is 2.79. The van der Waals surface area contributed by atoms with Gasteiger partial charge in [0.05, 0.1) is 0 Å². The van der Waals surface area contributed by atoms with E-state index in [9.17, 15) is 4.39 Å². The van der Waals surface area contributed by atoms with E-state index in [1.807, 2.05) is 31.3 Å². The van der Waals surface area contributed by atoms with Crippen LogP contribution in [0.2, 0.25) is 5.02 Å². The van der Waals surface area contributed by atoms with E-state index in [2.05, 4.69) is 5.32 Å². The van der Waals surface area contributed by atoms with E-state index in [-0.39, 0.29) is 12.4 Å². The van der Waals surface area contributed by atoms with Crippen molar-refractivity contribution >= 4 is 17.3 Å². The van der Waals surface area contributed by atoms with Crippen LogP contribution in [0, 0.1) is 5.82 Å². The molecule has 0 bridgehead atoms. The molecule has 4 heteroatoms. The van der Waals surface area contributed by atoms with Crippen molar-refractivity contribution < 1.29 is 9.13 Å². The van der Waals surface area contributed by atoms with Crippen molar-refractivity contribution in [2.24, 2.45) is 0 Å². The maximum Gasteiger partial charge on any atom is 0.131 e. The summed E-state index contributed by atoms with van der Waals surface area (Å²) in [5.41, 5.74) is 1.48. The molecule has 0 radical (unpaired) electrons. The summed E-state index contributed by atoms with van der Waals surface area (Å²) in [6, 6.07) is 12.0. The predicted octanol–water partition coefficient (Wildman–Crippen LogP) is 4.10. The molecule has 0 fully saturated rings. The molecule has 0 atom stereocenters. The molecular weight excluding hydrogens is 253 g/mol. The minimum Gasteiger partial charge on any atom is -0.489 e. The van der Waals surface area contributed by atoms with Crippen LogP contribution in [0.4, 0.5) is 10.1 Å². The van der Waals surface area contributed by atoms with Crippen molar-refractivity contribution in [1.29, 1.82) is 0 Å². The minimum atomic E-state index is -0.352. The van der Waals surface area contributed by atoms with Gasteiger partial charge in [0.1, 0.15) is 18.2 Å². The van der Waals surface area contributed by atoms with Gasteiger partial charge in [0, 0.05) is 23.3 Å². The van der Waals surface area contributed by atoms with Crippen molar-refractivity contribution in [2.45, 2.75) is 6.61 Å². The summed E-state index contributed by atoms with van der Waals surface area (Å²) in [6.45, 7) is 0.182. The largest absolute Gasteiger partial charge is 0.489 e. The molecule has 0 aromatic heterocycles. The minimum absolute atomic E-state index is 0.182. The highest BCUT2D eigenvalue weighted by Crippen LogP contribution is 2.19. The standard InChI is InChI=1S/C14H13ClFNO/c1-17-12-4-6-13(7-5-12)18-9-10-2-3-11(15)8-14(10)16/h2-8,17H,9H2,1H3. The highest BCUT2D eigenvalue weighted by Gasteiger charge is 2.03. The highest BCUT2D eigenvalue weighted by atomic mass is 35.5. The number of anilines is 1. The molecule has 0 amide bonds. The van der Waals surface area contributed by atoms with Crippen LogP contribution in [-0.2, 0) is 6.61 Å². The van der Waals surface area contributed by atoms with Crippen LogP contribution in [0.5, 0.6) is 5.75 Å². The zero-order valence-electron chi connectivity index (χ0n) is 9.91. The van der Waals surface area contributed by atoms with Crippen LogP contribution in [0.15, 0.2) is 42.5 Å². The second kappa shape index (κ2) is 5.74. The van der Waals surface area contributed by atoms with Gasteiger partial charge in [-0.15, -0.1) is 0 Å². The summed E-state index contributed by atoms with van der Waals surface area (Å²) in [7, 11) is 1.85. The lowest BCUT2D eigenvalue weighted by Crippen LogP contribution is -1.98. The summed E-state index contributed by atoms with van der Waals surface area (Å²) in [5, 5.41) is 3.40. The third kappa shape index (κ3) is 3.14. The summed E-state index contributed by atoms with van der Waals surface area (Å²) >= 11 is 5.68. The molecule has 0 aliphatic heterocycles. The van der Waals surface area contributed by atoms with E-state index in [4.69, 9.17) is 16.3 Å². The number of benzene rings is 2. The molecule has 2 aromatic carbocycles. The fourth-order valence-electron chi connectivity index (χ4n) is 1.52. The first-order chi connectivity index (χ1) is 8.69. The van der Waals surface area contributed by atoms with E-state index in [0.717, 1.165) is 5.69 Å². The fraction of sp³-hybridized carbons (Fsp3) is 0.143. The number of halogens is 2. The van der Waals surface area contributed by atoms with E-state index in [1.54, 1.807) is 12.1 Å². The Morgan fingerprint density at radius 2 is 1.89 bits per heavy atom. The zero-order chi connectivity index (χ0) is 13.0. The molecule has 0 saturated carbocycles. The van der Waals surface area contributed by atoms with Gasteiger partial charge in [0.15, 0.2) is 0 Å². The monoisotopic (exact) mass is 265 g/mol. The normalized spacial score (nSPS) is 10.2. The van der Waals surface area contributed by atoms with Gasteiger partial charge in [-0.3, -0.25) is 0 Å². The number of nitrogens with one attached hydrogen (secondary N) is 1. The molecule has 2 nitrogen and oxygen atoms in total. The quantitative estimate of drug-likeness (QED) is 0.899. The molecule has 0 heterocycles. The molecule has 2 rings (SSSR count). The molecule has 1 N–H and O–H groups in total. The molecule has 0 spiro atoms. The van der Waals surface area contributed by atoms with Gasteiger partial charge in [0.25, 0.3) is 0 Å². The topological polar surface area (TPSA) is 21.3 Å². The molecule has 0 aliphatic carbocycles. The van der Waals surface area contributed by atoms with E-state index < -0.39 is 0 Å². The molecule has 94 valence electrons. The fourth-order valence-corrected chi connectivity index (χ4v) is 1.68. The van der Waals surface area contributed by atoms with Gasteiger partial charge >= 0.3 is 0 Å². The molecule has 18 heavy (non-hydrogen) atoms. The van der Waals surface area contributed by atoms with Crippen LogP contribution >= 0.6 is 11.6 Å². The molecule has 0 saturated heterocycles. The van der Waals surface area contributed by atoms with Gasteiger partial charge in [-0.05, 0) is 36.4 Å². The van der Waals surface area contributed by atoms with Crippen LogP contribution in [0.1, 0.15) is 5.56 Å². The van der Waals surface area contributed by atoms with Crippen molar-refractivity contribution in [1.82, 2.24) is 0 Å². The van der Waals surface area contributed by atoms with Gasteiger partial charge in [0.2, 0.25) is 0 Å². The maximum absolute atomic E-state index is 13.5. The Balaban J connectivity index is 2.02. The summed E-state index contributed by atoms with van der Waals surface area (Å²) in [5.74, 6) is 0.345. The number of rotatable bonds is 4. The van der Waals surface area contributed by atoms with E-state index in [0.29, 0.717) is 16.3 Å². The average Bonchev–Trinajstić information content (AvgIpc) is 2.38. The van der Waals surface area contributed by atoms with Crippen molar-refractivity contribution in [3.05, 3.63) is 58.9 Å². The SMILES string of the molecule is CNc1ccc(OCc2ccc(Cl)cc2F)cc1. The van der Waals surface area contributed by atoms with Gasteiger partial charge in [-0.25, -0.2) is 4.39 Å². The smallest absolute Gasteiger partial charge is 0.131 e. The molecular formula is C14H13ClFNO. The van der Waals surface area contributed by atoms with Crippen LogP contribution in [0.25, 0.3) is 0 Å². The lowest BCUT2D eigenvalue weighted by Gasteiger charge is -2.08. The van der Waals surface area contributed by atoms with Crippen molar-refractivity contribution in [2.75, 3.05) is 12.4 Å². The summed E-state index contributed by atoms with van der Waals surface area (Å²) in [6.07, 6.45) is 0. The van der Waals surface area contributed by atoms with E-state index in [1.165, 1.54) is 6.07 Å². The summed E-state index contributed by atoms with van der Waals surface area (Å²) in [4.78, 5) is 0. The first-order valence-electron chi connectivity index (χ1n) is 5.53. The second-order valence-electron chi connectivity index (χ2n) is 3.80. The first-order valence-corrected chi connectivity index (χ1v) is 5.91. The zero-order valence-corrected chi connectivity index (χ0v) is 10.7. The molecule has 0 aliphatic rings. The number of hydrogen-bond acceptors (Lipinski definition) is 2. The Kier molecular flexibility index (Phi) is 4.05. The third-order valence-electron chi connectivity index (χ3n) is 2.55. The average molecular weight is 266 g/mol. The Morgan fingerprint density at radius 3 is 2.50 bits per heavy atom. The maximum atomic E-state index is 13.5. The Bertz CT molecular complexity index is 528. The van der Waals surface area contributed by atoms with Gasteiger partial charge in [-0.1, -0.05) is 17.7 Å². The lowest BCUT2D eigenvalue weighted by molar-refractivity contribution is 0.300. The lowest BCUT2D eigenvalue weighted by atomic mass is 10.2. The summed E-state index contributed by atoms with van der Waals surface area (Å²) < 4.78 is 19.0.